The third kappa shape index (κ3) is 5.12. The Balaban J connectivity index is 1.71. The van der Waals surface area contributed by atoms with Crippen LogP contribution in [0.2, 0.25) is 0 Å². The number of ether oxygens (including phenoxy) is 1. The predicted molar refractivity (Wildman–Crippen MR) is 99.0 cm³/mol. The van der Waals surface area contributed by atoms with E-state index in [-0.39, 0.29) is 17.9 Å². The van der Waals surface area contributed by atoms with Gasteiger partial charge in [0, 0.05) is 31.3 Å². The van der Waals surface area contributed by atoms with Crippen molar-refractivity contribution < 1.29 is 26.7 Å². The van der Waals surface area contributed by atoms with E-state index in [0.29, 0.717) is 43.5 Å². The number of morpholine rings is 1. The van der Waals surface area contributed by atoms with Gasteiger partial charge in [-0.15, -0.1) is 0 Å². The van der Waals surface area contributed by atoms with Crippen molar-refractivity contribution in [1.82, 2.24) is 9.62 Å². The molecule has 0 saturated carbocycles. The Morgan fingerprint density at radius 1 is 1.04 bits per heavy atom. The second-order valence-corrected chi connectivity index (χ2v) is 8.35. The van der Waals surface area contributed by atoms with E-state index in [1.165, 1.54) is 4.31 Å². The fraction of sp³-hybridized carbons (Fsp3) is 0.316. The van der Waals surface area contributed by atoms with Crippen molar-refractivity contribution in [3.8, 4) is 0 Å². The maximum absolute atomic E-state index is 13.3. The van der Waals surface area contributed by atoms with Crippen molar-refractivity contribution >= 4 is 15.9 Å². The minimum atomic E-state index is -3.52. The molecule has 1 N–H and O–H groups in total. The molecule has 1 fully saturated rings. The number of amides is 1. The Morgan fingerprint density at radius 2 is 1.64 bits per heavy atom. The number of nitrogens with zero attached hydrogens (tertiary/aromatic N) is 1. The SMILES string of the molecule is O=C(NCc1ccccc1CS(=O)(=O)N1CCOCC1)c1cc(F)cc(F)c1. The average Bonchev–Trinajstić information content (AvgIpc) is 2.67. The van der Waals surface area contributed by atoms with Crippen LogP contribution in [0.3, 0.4) is 0 Å². The van der Waals surface area contributed by atoms with Gasteiger partial charge in [0.2, 0.25) is 10.0 Å². The van der Waals surface area contributed by atoms with E-state index in [4.69, 9.17) is 4.74 Å². The lowest BCUT2D eigenvalue weighted by molar-refractivity contribution is 0.0729. The number of nitrogens with one attached hydrogen (secondary N) is 1. The molecule has 1 heterocycles. The van der Waals surface area contributed by atoms with E-state index in [0.717, 1.165) is 12.1 Å². The summed E-state index contributed by atoms with van der Waals surface area (Å²) in [6.45, 7) is 1.38. The van der Waals surface area contributed by atoms with Crippen LogP contribution in [0.25, 0.3) is 0 Å². The molecule has 1 aliphatic rings. The molecule has 0 aliphatic carbocycles. The van der Waals surface area contributed by atoms with E-state index < -0.39 is 27.6 Å². The molecule has 2 aromatic carbocycles. The first kappa shape index (κ1) is 20.4. The second kappa shape index (κ2) is 8.76. The molecule has 0 radical (unpaired) electrons. The van der Waals surface area contributed by atoms with Crippen LogP contribution in [0.15, 0.2) is 42.5 Å². The van der Waals surface area contributed by atoms with E-state index in [1.54, 1.807) is 24.3 Å². The highest BCUT2D eigenvalue weighted by molar-refractivity contribution is 7.88. The summed E-state index contributed by atoms with van der Waals surface area (Å²) in [5.74, 6) is -2.54. The molecule has 0 unspecified atom stereocenters. The summed E-state index contributed by atoms with van der Waals surface area (Å²) in [6, 6.07) is 9.40. The van der Waals surface area contributed by atoms with Crippen LogP contribution in [0.1, 0.15) is 21.5 Å². The fourth-order valence-electron chi connectivity index (χ4n) is 2.95. The van der Waals surface area contributed by atoms with Gasteiger partial charge in [-0.1, -0.05) is 24.3 Å². The number of benzene rings is 2. The van der Waals surface area contributed by atoms with Crippen LogP contribution in [0.4, 0.5) is 8.78 Å². The van der Waals surface area contributed by atoms with Crippen molar-refractivity contribution in [3.63, 3.8) is 0 Å². The zero-order valence-corrected chi connectivity index (χ0v) is 15.8. The molecule has 2 aromatic rings. The summed E-state index contributed by atoms with van der Waals surface area (Å²) in [5.41, 5.74) is 1.03. The molecule has 0 spiro atoms. The number of sulfonamides is 1. The van der Waals surface area contributed by atoms with E-state index in [2.05, 4.69) is 5.32 Å². The van der Waals surface area contributed by atoms with Crippen LogP contribution >= 0.6 is 0 Å². The molecule has 0 bridgehead atoms. The topological polar surface area (TPSA) is 75.7 Å². The third-order valence-corrected chi connectivity index (χ3v) is 6.21. The largest absolute Gasteiger partial charge is 0.379 e. The van der Waals surface area contributed by atoms with Crippen LogP contribution in [0, 0.1) is 11.6 Å². The van der Waals surface area contributed by atoms with Crippen molar-refractivity contribution in [2.45, 2.75) is 12.3 Å². The molecule has 1 aliphatic heterocycles. The quantitative estimate of drug-likeness (QED) is 0.791. The maximum atomic E-state index is 13.3. The first-order valence-corrected chi connectivity index (χ1v) is 10.3. The molecule has 28 heavy (non-hydrogen) atoms. The van der Waals surface area contributed by atoms with Crippen molar-refractivity contribution in [3.05, 3.63) is 70.8 Å². The average molecular weight is 410 g/mol. The molecular formula is C19H20F2N2O4S. The first-order chi connectivity index (χ1) is 13.3. The molecule has 3 rings (SSSR count). The minimum absolute atomic E-state index is 0.0335. The molecule has 1 saturated heterocycles. The number of hydrogen-bond acceptors (Lipinski definition) is 4. The zero-order valence-electron chi connectivity index (χ0n) is 15.0. The standard InChI is InChI=1S/C19H20F2N2O4S/c20-17-9-16(10-18(21)11-17)19(24)22-12-14-3-1-2-4-15(14)13-28(25,26)23-5-7-27-8-6-23/h1-4,9-11H,5-8,12-13H2,(H,22,24). The van der Waals surface area contributed by atoms with Crippen LogP contribution in [-0.2, 0) is 27.1 Å². The number of halogens is 2. The van der Waals surface area contributed by atoms with E-state index in [1.807, 2.05) is 0 Å². The van der Waals surface area contributed by atoms with Crippen molar-refractivity contribution in [2.75, 3.05) is 26.3 Å². The summed E-state index contributed by atoms with van der Waals surface area (Å²) in [4.78, 5) is 12.2. The lowest BCUT2D eigenvalue weighted by Gasteiger charge is -2.26. The lowest BCUT2D eigenvalue weighted by Crippen LogP contribution is -2.41. The van der Waals surface area contributed by atoms with Gasteiger partial charge < -0.3 is 10.1 Å². The summed E-state index contributed by atoms with van der Waals surface area (Å²) >= 11 is 0. The highest BCUT2D eigenvalue weighted by Gasteiger charge is 2.25. The van der Waals surface area contributed by atoms with Gasteiger partial charge in [0.1, 0.15) is 11.6 Å². The lowest BCUT2D eigenvalue weighted by atomic mass is 10.1. The molecular weight excluding hydrogens is 390 g/mol. The number of carbonyl (C=O) groups excluding carboxylic acids is 1. The Labute approximate surface area is 162 Å². The summed E-state index contributed by atoms with van der Waals surface area (Å²) in [7, 11) is -3.52. The normalized spacial score (nSPS) is 15.4. The molecule has 0 atom stereocenters. The molecule has 1 amide bonds. The number of rotatable bonds is 6. The fourth-order valence-corrected chi connectivity index (χ4v) is 4.51. The van der Waals surface area contributed by atoms with E-state index >= 15 is 0 Å². The van der Waals surface area contributed by atoms with Gasteiger partial charge >= 0.3 is 0 Å². The van der Waals surface area contributed by atoms with Gasteiger partial charge in [0.15, 0.2) is 0 Å². The van der Waals surface area contributed by atoms with Gasteiger partial charge in [-0.25, -0.2) is 17.2 Å². The Bertz CT molecular complexity index is 940. The molecule has 6 nitrogen and oxygen atoms in total. The highest BCUT2D eigenvalue weighted by Crippen LogP contribution is 2.17. The summed E-state index contributed by atoms with van der Waals surface area (Å²) in [5, 5.41) is 2.57. The number of carbonyl (C=O) groups is 1. The second-order valence-electron chi connectivity index (χ2n) is 6.38. The summed E-state index contributed by atoms with van der Waals surface area (Å²) < 4.78 is 58.4. The van der Waals surface area contributed by atoms with Gasteiger partial charge in [-0.3, -0.25) is 4.79 Å². The van der Waals surface area contributed by atoms with Crippen LogP contribution in [0.5, 0.6) is 0 Å². The first-order valence-electron chi connectivity index (χ1n) is 8.72. The molecule has 9 heteroatoms. The van der Waals surface area contributed by atoms with Gasteiger partial charge in [-0.2, -0.15) is 4.31 Å². The third-order valence-electron chi connectivity index (χ3n) is 4.38. The smallest absolute Gasteiger partial charge is 0.251 e. The van der Waals surface area contributed by atoms with Crippen molar-refractivity contribution in [2.24, 2.45) is 0 Å². The van der Waals surface area contributed by atoms with Gasteiger partial charge in [0.25, 0.3) is 5.91 Å². The molecule has 0 aromatic heterocycles. The van der Waals surface area contributed by atoms with Crippen LogP contribution < -0.4 is 5.32 Å². The molecule has 150 valence electrons. The van der Waals surface area contributed by atoms with Crippen LogP contribution in [-0.4, -0.2) is 44.9 Å². The monoisotopic (exact) mass is 410 g/mol. The Hall–Kier alpha value is -2.36. The predicted octanol–water partition coefficient (Wildman–Crippen LogP) is 2.06. The van der Waals surface area contributed by atoms with Crippen molar-refractivity contribution in [1.29, 1.82) is 0 Å². The highest BCUT2D eigenvalue weighted by atomic mass is 32.2. The minimum Gasteiger partial charge on any atom is -0.379 e. The number of hydrogen-bond donors (Lipinski definition) is 1. The van der Waals surface area contributed by atoms with E-state index in [9.17, 15) is 22.0 Å². The van der Waals surface area contributed by atoms with Gasteiger partial charge in [-0.05, 0) is 23.3 Å². The Kier molecular flexibility index (Phi) is 6.38. The zero-order chi connectivity index (χ0) is 20.1. The maximum Gasteiger partial charge on any atom is 0.251 e. The summed E-state index contributed by atoms with van der Waals surface area (Å²) in [6.07, 6.45) is 0. The Morgan fingerprint density at radius 3 is 2.29 bits per heavy atom. The van der Waals surface area contributed by atoms with Gasteiger partial charge in [0.05, 0.1) is 19.0 Å².